The van der Waals surface area contributed by atoms with Gasteiger partial charge in [0.2, 0.25) is 5.91 Å². The molecule has 2 amide bonds. The molecule has 6 unspecified atom stereocenters. The number of hydrogen-bond acceptors (Lipinski definition) is 21. The molecule has 0 aliphatic carbocycles. The Morgan fingerprint density at radius 2 is 1.19 bits per heavy atom. The minimum Gasteiger partial charge on any atom is -0.465 e. The molecule has 22 atom stereocenters. The van der Waals surface area contributed by atoms with Crippen molar-refractivity contribution in [3.05, 3.63) is 10.4 Å². The first-order valence-electron chi connectivity index (χ1n) is 28.2. The predicted octanol–water partition coefficient (Wildman–Crippen LogP) is 6.41. The van der Waals surface area contributed by atoms with E-state index in [1.165, 1.54) is 21.1 Å². The third kappa shape index (κ3) is 13.0. The number of imide groups is 1. The minimum absolute atomic E-state index is 0.0263. The molecule has 78 heavy (non-hydrogen) atoms. The zero-order valence-corrected chi connectivity index (χ0v) is 48.4. The van der Waals surface area contributed by atoms with Crippen molar-refractivity contribution in [3.63, 3.8) is 0 Å². The number of azide groups is 1. The first kappa shape index (κ1) is 62.3. The van der Waals surface area contributed by atoms with Crippen LogP contribution in [0.2, 0.25) is 0 Å². The molecule has 7 aliphatic rings. The first-order chi connectivity index (χ1) is 36.8. The van der Waals surface area contributed by atoms with Crippen LogP contribution in [-0.2, 0) is 85.4 Å². The van der Waals surface area contributed by atoms with E-state index in [1.54, 1.807) is 27.7 Å². The summed E-state index contributed by atoms with van der Waals surface area (Å²) in [4.78, 5) is 58.8. The number of rotatable bonds is 21. The Labute approximate surface area is 459 Å². The third-order valence-electron chi connectivity index (χ3n) is 17.6. The monoisotopic (exact) mass is 1110 g/mol. The number of carbonyl (C=O) groups excluding carboxylic acids is 4. The molecule has 0 radical (unpaired) electrons. The topological polar surface area (TPSA) is 285 Å². The highest BCUT2D eigenvalue weighted by molar-refractivity contribution is 5.93. The van der Waals surface area contributed by atoms with E-state index in [2.05, 4.69) is 37.7 Å². The quantitative estimate of drug-likeness (QED) is 0.0324. The van der Waals surface area contributed by atoms with Crippen LogP contribution in [0.3, 0.4) is 0 Å². The average Bonchev–Trinajstić information content (AvgIpc) is 4.11. The van der Waals surface area contributed by atoms with E-state index in [-0.39, 0.29) is 61.6 Å². The Bertz CT molecular complexity index is 2140. The van der Waals surface area contributed by atoms with Crippen LogP contribution in [0, 0.1) is 35.5 Å². The Balaban J connectivity index is 1.15. The lowest BCUT2D eigenvalue weighted by atomic mass is 9.79. The maximum absolute atomic E-state index is 14.5. The molecule has 0 aromatic rings. The normalized spacial score (nSPS) is 43.1. The Kier molecular flexibility index (Phi) is 20.3. The summed E-state index contributed by atoms with van der Waals surface area (Å²) in [6.45, 7) is 25.2. The number of hydrogen-bond donors (Lipinski definition) is 1. The van der Waals surface area contributed by atoms with E-state index in [0.717, 1.165) is 24.2 Å². The summed E-state index contributed by atoms with van der Waals surface area (Å²) in [6, 6.07) is -1.91. The largest absolute Gasteiger partial charge is 0.465 e. The molecule has 0 bridgehead atoms. The van der Waals surface area contributed by atoms with E-state index < -0.39 is 133 Å². The summed E-state index contributed by atoms with van der Waals surface area (Å²) < 4.78 is 96.0. The molecule has 0 aromatic carbocycles. The molecule has 0 spiro atoms. The summed E-state index contributed by atoms with van der Waals surface area (Å²) in [5, 5.41) is 3.62. The van der Waals surface area contributed by atoms with E-state index in [0.29, 0.717) is 26.0 Å². The molecular formula is C54H89N5O19. The van der Waals surface area contributed by atoms with Gasteiger partial charge in [0.25, 0.3) is 11.6 Å². The number of amides is 2. The first-order valence-corrected chi connectivity index (χ1v) is 28.2. The number of carbonyl (C=O) groups is 4. The second-order valence-electron chi connectivity index (χ2n) is 23.5. The number of nitrogens with zero attached hydrogens (tertiary/aromatic N) is 4. The van der Waals surface area contributed by atoms with Gasteiger partial charge in [0.15, 0.2) is 24.2 Å². The average molecular weight is 1110 g/mol. The number of methoxy groups -OCH3 is 2. The van der Waals surface area contributed by atoms with Gasteiger partial charge < -0.3 is 76.8 Å². The van der Waals surface area contributed by atoms with Gasteiger partial charge in [-0.15, -0.1) is 0 Å². The number of unbranched alkanes of at least 4 members (excludes halogenated alkanes) is 2. The fraction of sp³-hybridized carbons (Fsp3) is 0.926. The van der Waals surface area contributed by atoms with Gasteiger partial charge in [0.1, 0.15) is 36.6 Å². The highest BCUT2D eigenvalue weighted by Gasteiger charge is 2.66. The van der Waals surface area contributed by atoms with E-state index in [9.17, 15) is 19.2 Å². The van der Waals surface area contributed by atoms with Crippen LogP contribution in [0.25, 0.3) is 10.4 Å². The summed E-state index contributed by atoms with van der Waals surface area (Å²) >= 11 is 0. The SMILES string of the molecule is CC[C@H]1OC(C)(C)O[C@H]1C1O[C@@](OCC2O[C@H](OCCCCCN=[N+]=[N-])C(C)[C@@H](C)[C@H]2C)(C(=O)OC)C[C@@H](O[C@H]2OC(CO[C@]3(C(=O)OC)C[C@H]4OC(=O)N(C(C)=O)[C@H]4C([C@@H]4OC(C)(C)O[C@@H]4CC)O3)[C@H](C)[C@H](C)C2C)[C@H]1N. The second-order valence-corrected chi connectivity index (χ2v) is 23.5. The van der Waals surface area contributed by atoms with E-state index in [1.807, 2.05) is 27.7 Å². The molecule has 0 aromatic heterocycles. The lowest BCUT2D eigenvalue weighted by Gasteiger charge is -2.51. The van der Waals surface area contributed by atoms with Crippen molar-refractivity contribution < 1.29 is 90.2 Å². The summed E-state index contributed by atoms with van der Waals surface area (Å²) in [6.07, 6.45) is -7.74. The number of nitrogens with two attached hydrogens (primary N) is 1. The van der Waals surface area contributed by atoms with Gasteiger partial charge in [-0.2, -0.15) is 0 Å². The van der Waals surface area contributed by atoms with Crippen LogP contribution in [0.4, 0.5) is 4.79 Å². The van der Waals surface area contributed by atoms with E-state index >= 15 is 0 Å². The molecular weight excluding hydrogens is 1020 g/mol. The summed E-state index contributed by atoms with van der Waals surface area (Å²) in [5.74, 6) is -8.97. The maximum Gasteiger partial charge on any atom is 0.417 e. The van der Waals surface area contributed by atoms with Crippen LogP contribution in [0.1, 0.15) is 135 Å². The van der Waals surface area contributed by atoms with Crippen molar-refractivity contribution in [3.8, 4) is 0 Å². The molecule has 7 rings (SSSR count). The Morgan fingerprint density at radius 1 is 0.679 bits per heavy atom. The van der Waals surface area contributed by atoms with Crippen LogP contribution in [0.5, 0.6) is 0 Å². The summed E-state index contributed by atoms with van der Waals surface area (Å²) in [5.41, 5.74) is 15.9. The fourth-order valence-corrected chi connectivity index (χ4v) is 12.5. The number of esters is 2. The standard InChI is InChI=1S/C54H89N5O19/c1-16-34-42(75-51(10,11)73-34)44-40(55)36(23-53(77-44,48(61)64-14)67-25-38-29(5)27(3)31(7)46(70-38)66-22-20-18-19-21-57-58-56)69-47-32(8)28(4)30(6)39(71-47)26-68-54(49(62)65-15)24-37-41(59(33(9)60)50(63)72-37)45(78-54)43-35(17-2)74-52(12,13)76-43/h27-32,34-47H,16-26,55H2,1-15H3/t27-,28-,29+,30+,31?,32?,34+,35+,36+,37+,38?,39?,40+,41+,42+,43+,44?,45?,46-,47-,53+,54+/m0/s1. The van der Waals surface area contributed by atoms with Crippen molar-refractivity contribution in [2.24, 2.45) is 46.4 Å². The zero-order valence-electron chi connectivity index (χ0n) is 48.4. The van der Waals surface area contributed by atoms with Crippen molar-refractivity contribution in [2.45, 2.75) is 244 Å². The van der Waals surface area contributed by atoms with Crippen molar-refractivity contribution in [2.75, 3.05) is 40.6 Å². The van der Waals surface area contributed by atoms with Gasteiger partial charge in [-0.05, 0) is 82.6 Å². The molecule has 444 valence electrons. The van der Waals surface area contributed by atoms with Gasteiger partial charge in [-0.3, -0.25) is 4.79 Å². The number of ether oxygens (including phenoxy) is 15. The van der Waals surface area contributed by atoms with Gasteiger partial charge >= 0.3 is 18.0 Å². The van der Waals surface area contributed by atoms with Crippen LogP contribution < -0.4 is 5.73 Å². The second kappa shape index (κ2) is 25.4. The highest BCUT2D eigenvalue weighted by Crippen LogP contribution is 2.48. The minimum atomic E-state index is -2.16. The lowest BCUT2D eigenvalue weighted by Crippen LogP contribution is -2.68. The predicted molar refractivity (Wildman–Crippen MR) is 274 cm³/mol. The van der Waals surface area contributed by atoms with Crippen LogP contribution in [0.15, 0.2) is 5.11 Å². The smallest absolute Gasteiger partial charge is 0.417 e. The van der Waals surface area contributed by atoms with Gasteiger partial charge in [-0.25, -0.2) is 19.3 Å². The van der Waals surface area contributed by atoms with Crippen LogP contribution >= 0.6 is 0 Å². The van der Waals surface area contributed by atoms with Crippen molar-refractivity contribution in [1.29, 1.82) is 0 Å². The number of fused-ring (bicyclic) bond motifs is 1. The van der Waals surface area contributed by atoms with Crippen molar-refractivity contribution in [1.82, 2.24) is 4.90 Å². The molecule has 24 nitrogen and oxygen atoms in total. The maximum atomic E-state index is 14.5. The lowest BCUT2D eigenvalue weighted by molar-refractivity contribution is -0.350. The third-order valence-corrected chi connectivity index (χ3v) is 17.6. The highest BCUT2D eigenvalue weighted by atomic mass is 16.8. The molecule has 7 fully saturated rings. The Hall–Kier alpha value is -3.33. The summed E-state index contributed by atoms with van der Waals surface area (Å²) in [7, 11) is 2.46. The van der Waals surface area contributed by atoms with Crippen LogP contribution in [-0.4, -0.2) is 178 Å². The molecule has 0 saturated carbocycles. The molecule has 24 heteroatoms. The molecule has 7 heterocycles. The van der Waals surface area contributed by atoms with E-state index in [4.69, 9.17) is 82.3 Å². The van der Waals surface area contributed by atoms with Gasteiger partial charge in [0, 0.05) is 43.2 Å². The van der Waals surface area contributed by atoms with Gasteiger partial charge in [0.05, 0.1) is 70.4 Å². The molecule has 7 aliphatic heterocycles. The molecule has 2 N–H and O–H groups in total. The van der Waals surface area contributed by atoms with Crippen molar-refractivity contribution >= 4 is 23.9 Å². The zero-order chi connectivity index (χ0) is 57.2. The molecule has 7 saturated heterocycles. The Morgan fingerprint density at radius 3 is 1.72 bits per heavy atom. The fourth-order valence-electron chi connectivity index (χ4n) is 12.5. The van der Waals surface area contributed by atoms with Gasteiger partial charge in [-0.1, -0.05) is 66.9 Å².